The fourth-order valence-corrected chi connectivity index (χ4v) is 4.44. The Kier molecular flexibility index (Phi) is 6.46. The van der Waals surface area contributed by atoms with Gasteiger partial charge in [-0.25, -0.2) is 8.42 Å². The molecule has 0 aromatic heterocycles. The molecular formula is C18H29N3O5S. The standard InChI is InChI=1S/C18H29N3O5S/c1-18(2)12-21(7-8-27(18,22)23)17(19-3)20-11-13-9-14(24-4)16(26-6)15(10-13)25-5/h9-10H,7-8,11-12H2,1-6H3,(H,19,20). The van der Waals surface area contributed by atoms with Crippen molar-refractivity contribution in [1.29, 1.82) is 0 Å². The third-order valence-electron chi connectivity index (χ3n) is 4.73. The van der Waals surface area contributed by atoms with E-state index >= 15 is 0 Å². The molecule has 0 amide bonds. The van der Waals surface area contributed by atoms with Gasteiger partial charge in [0.2, 0.25) is 5.75 Å². The number of sulfone groups is 1. The number of guanidine groups is 1. The van der Waals surface area contributed by atoms with Gasteiger partial charge in [0, 0.05) is 26.7 Å². The van der Waals surface area contributed by atoms with Crippen LogP contribution in [0.2, 0.25) is 0 Å². The second kappa shape index (κ2) is 8.24. The molecule has 1 N–H and O–H groups in total. The van der Waals surface area contributed by atoms with Crippen molar-refractivity contribution in [2.24, 2.45) is 4.99 Å². The fourth-order valence-electron chi connectivity index (χ4n) is 3.08. The Hall–Kier alpha value is -2.16. The van der Waals surface area contributed by atoms with Crippen LogP contribution in [0.15, 0.2) is 17.1 Å². The molecule has 1 fully saturated rings. The first kappa shape index (κ1) is 21.1. The molecule has 152 valence electrons. The van der Waals surface area contributed by atoms with Crippen LogP contribution in [-0.2, 0) is 16.4 Å². The highest BCUT2D eigenvalue weighted by atomic mass is 32.2. The molecule has 0 saturated carbocycles. The van der Waals surface area contributed by atoms with Crippen molar-refractivity contribution < 1.29 is 22.6 Å². The van der Waals surface area contributed by atoms with Gasteiger partial charge in [-0.1, -0.05) is 0 Å². The largest absolute Gasteiger partial charge is 0.493 e. The second-order valence-electron chi connectivity index (χ2n) is 6.93. The molecule has 0 unspecified atom stereocenters. The Morgan fingerprint density at radius 3 is 2.22 bits per heavy atom. The Morgan fingerprint density at radius 2 is 1.78 bits per heavy atom. The lowest BCUT2D eigenvalue weighted by atomic mass is 10.1. The second-order valence-corrected chi connectivity index (χ2v) is 9.68. The number of hydrogen-bond donors (Lipinski definition) is 1. The van der Waals surface area contributed by atoms with Crippen LogP contribution in [-0.4, -0.2) is 71.2 Å². The smallest absolute Gasteiger partial charge is 0.203 e. The molecule has 9 heteroatoms. The summed E-state index contributed by atoms with van der Waals surface area (Å²) in [4.78, 5) is 6.28. The van der Waals surface area contributed by atoms with E-state index in [2.05, 4.69) is 10.3 Å². The molecule has 0 radical (unpaired) electrons. The highest BCUT2D eigenvalue weighted by Crippen LogP contribution is 2.38. The lowest BCUT2D eigenvalue weighted by Gasteiger charge is -2.39. The van der Waals surface area contributed by atoms with Gasteiger partial charge in [0.05, 0.1) is 31.8 Å². The summed E-state index contributed by atoms with van der Waals surface area (Å²) >= 11 is 0. The molecule has 0 atom stereocenters. The first-order valence-corrected chi connectivity index (χ1v) is 10.3. The van der Waals surface area contributed by atoms with Gasteiger partial charge in [-0.2, -0.15) is 0 Å². The molecule has 8 nitrogen and oxygen atoms in total. The molecule has 1 aromatic rings. The molecule has 1 aliphatic rings. The molecule has 2 rings (SSSR count). The number of methoxy groups -OCH3 is 3. The summed E-state index contributed by atoms with van der Waals surface area (Å²) in [6, 6.07) is 3.73. The highest BCUT2D eigenvalue weighted by Gasteiger charge is 2.40. The number of ether oxygens (including phenoxy) is 3. The molecule has 1 heterocycles. The number of hydrogen-bond acceptors (Lipinski definition) is 6. The number of benzene rings is 1. The monoisotopic (exact) mass is 399 g/mol. The number of nitrogens with zero attached hydrogens (tertiary/aromatic N) is 2. The fraction of sp³-hybridized carbons (Fsp3) is 0.611. The van der Waals surface area contributed by atoms with Crippen molar-refractivity contribution in [3.8, 4) is 17.2 Å². The van der Waals surface area contributed by atoms with E-state index in [1.165, 1.54) is 0 Å². The van der Waals surface area contributed by atoms with Gasteiger partial charge < -0.3 is 24.4 Å². The van der Waals surface area contributed by atoms with Crippen molar-refractivity contribution in [2.75, 3.05) is 47.2 Å². The lowest BCUT2D eigenvalue weighted by Crippen LogP contribution is -2.57. The molecule has 0 bridgehead atoms. The minimum absolute atomic E-state index is 0.116. The van der Waals surface area contributed by atoms with Crippen LogP contribution in [0.25, 0.3) is 0 Å². The summed E-state index contributed by atoms with van der Waals surface area (Å²) in [5, 5.41) is 3.29. The zero-order chi connectivity index (χ0) is 20.2. The minimum Gasteiger partial charge on any atom is -0.493 e. The highest BCUT2D eigenvalue weighted by molar-refractivity contribution is 7.92. The van der Waals surface area contributed by atoms with Crippen molar-refractivity contribution in [1.82, 2.24) is 10.2 Å². The summed E-state index contributed by atoms with van der Waals surface area (Å²) in [7, 11) is 3.30. The molecule has 0 aliphatic carbocycles. The zero-order valence-electron chi connectivity index (χ0n) is 16.8. The SMILES string of the molecule is CN=C(NCc1cc(OC)c(OC)c(OC)c1)N1CCS(=O)(=O)C(C)(C)C1. The van der Waals surface area contributed by atoms with E-state index < -0.39 is 14.6 Å². The first-order valence-electron chi connectivity index (χ1n) is 8.66. The van der Waals surface area contributed by atoms with E-state index in [4.69, 9.17) is 14.2 Å². The van der Waals surface area contributed by atoms with E-state index in [0.29, 0.717) is 42.8 Å². The van der Waals surface area contributed by atoms with Gasteiger partial charge in [-0.15, -0.1) is 0 Å². The van der Waals surface area contributed by atoms with Gasteiger partial charge >= 0.3 is 0 Å². The summed E-state index contributed by atoms with van der Waals surface area (Å²) < 4.78 is 39.7. The summed E-state index contributed by atoms with van der Waals surface area (Å²) in [6.07, 6.45) is 0. The van der Waals surface area contributed by atoms with Gasteiger partial charge in [-0.3, -0.25) is 4.99 Å². The van der Waals surface area contributed by atoms with Gasteiger partial charge in [0.25, 0.3) is 0 Å². The lowest BCUT2D eigenvalue weighted by molar-refractivity contribution is 0.323. The van der Waals surface area contributed by atoms with Crippen LogP contribution in [0.1, 0.15) is 19.4 Å². The molecule has 1 aromatic carbocycles. The van der Waals surface area contributed by atoms with Gasteiger partial charge in [0.1, 0.15) is 0 Å². The van der Waals surface area contributed by atoms with E-state index in [0.717, 1.165) is 5.56 Å². The summed E-state index contributed by atoms with van der Waals surface area (Å²) in [6.45, 7) is 4.79. The Balaban J connectivity index is 2.15. The third-order valence-corrected chi connectivity index (χ3v) is 7.26. The van der Waals surface area contributed by atoms with Crippen LogP contribution in [0, 0.1) is 0 Å². The predicted molar refractivity (Wildman–Crippen MR) is 106 cm³/mol. The average Bonchev–Trinajstić information content (AvgIpc) is 2.63. The molecule has 0 spiro atoms. The van der Waals surface area contributed by atoms with Crippen LogP contribution in [0.5, 0.6) is 17.2 Å². The molecular weight excluding hydrogens is 370 g/mol. The molecule has 1 aliphatic heterocycles. The average molecular weight is 400 g/mol. The van der Waals surface area contributed by atoms with Gasteiger partial charge in [-0.05, 0) is 31.5 Å². The van der Waals surface area contributed by atoms with E-state index in [1.54, 1.807) is 42.2 Å². The van der Waals surface area contributed by atoms with Crippen LogP contribution >= 0.6 is 0 Å². The van der Waals surface area contributed by atoms with Crippen LogP contribution < -0.4 is 19.5 Å². The quantitative estimate of drug-likeness (QED) is 0.590. The molecule has 1 saturated heterocycles. The van der Waals surface area contributed by atoms with Gasteiger partial charge in [0.15, 0.2) is 27.3 Å². The minimum atomic E-state index is -3.10. The maximum atomic E-state index is 12.2. The van der Waals surface area contributed by atoms with E-state index in [1.807, 2.05) is 17.0 Å². The summed E-state index contributed by atoms with van der Waals surface area (Å²) in [5.74, 6) is 2.47. The first-order chi connectivity index (χ1) is 12.7. The number of nitrogens with one attached hydrogen (secondary N) is 1. The van der Waals surface area contributed by atoms with Crippen molar-refractivity contribution in [3.05, 3.63) is 17.7 Å². The van der Waals surface area contributed by atoms with E-state index in [-0.39, 0.29) is 5.75 Å². The molecule has 27 heavy (non-hydrogen) atoms. The topological polar surface area (TPSA) is 89.5 Å². The van der Waals surface area contributed by atoms with Crippen molar-refractivity contribution in [2.45, 2.75) is 25.1 Å². The maximum Gasteiger partial charge on any atom is 0.203 e. The van der Waals surface area contributed by atoms with Crippen LogP contribution in [0.3, 0.4) is 0 Å². The van der Waals surface area contributed by atoms with Crippen molar-refractivity contribution >= 4 is 15.8 Å². The zero-order valence-corrected chi connectivity index (χ0v) is 17.6. The normalized spacial score (nSPS) is 18.7. The number of aliphatic imine (C=N–C) groups is 1. The predicted octanol–water partition coefficient (Wildman–Crippen LogP) is 1.30. The Labute approximate surface area is 161 Å². The maximum absolute atomic E-state index is 12.2. The Morgan fingerprint density at radius 1 is 1.19 bits per heavy atom. The number of rotatable bonds is 5. The van der Waals surface area contributed by atoms with Crippen LogP contribution in [0.4, 0.5) is 0 Å². The van der Waals surface area contributed by atoms with Crippen molar-refractivity contribution in [3.63, 3.8) is 0 Å². The summed E-state index contributed by atoms with van der Waals surface area (Å²) in [5.41, 5.74) is 0.926. The third kappa shape index (κ3) is 4.40. The Bertz CT molecular complexity index is 780. The van der Waals surface area contributed by atoms with E-state index in [9.17, 15) is 8.42 Å².